The maximum absolute atomic E-state index is 12.2. The van der Waals surface area contributed by atoms with Gasteiger partial charge in [0.15, 0.2) is 0 Å². The van der Waals surface area contributed by atoms with Crippen molar-refractivity contribution in [2.24, 2.45) is 5.73 Å². The summed E-state index contributed by atoms with van der Waals surface area (Å²) in [5, 5.41) is 2.67. The van der Waals surface area contributed by atoms with Gasteiger partial charge in [-0.15, -0.1) is 0 Å². The van der Waals surface area contributed by atoms with Crippen molar-refractivity contribution in [3.05, 3.63) is 23.9 Å². The van der Waals surface area contributed by atoms with Crippen LogP contribution < -0.4 is 11.1 Å². The van der Waals surface area contributed by atoms with Gasteiger partial charge in [-0.1, -0.05) is 6.07 Å². The summed E-state index contributed by atoms with van der Waals surface area (Å²) in [4.78, 5) is 3.39. The van der Waals surface area contributed by atoms with Gasteiger partial charge in [-0.3, -0.25) is 0 Å². The van der Waals surface area contributed by atoms with Crippen LogP contribution in [0.15, 0.2) is 18.2 Å². The zero-order valence-corrected chi connectivity index (χ0v) is 7.30. The van der Waals surface area contributed by atoms with E-state index in [-0.39, 0.29) is 5.82 Å². The molecule has 0 radical (unpaired) electrons. The molecule has 0 saturated carbocycles. The Hall–Kier alpha value is -1.30. The molecule has 1 aromatic rings. The molecule has 0 aliphatic heterocycles. The molecule has 78 valence electrons. The Morgan fingerprint density at radius 2 is 2.07 bits per heavy atom. The molecular formula is C8H10F3N3. The van der Waals surface area contributed by atoms with Crippen LogP contribution in [0.4, 0.5) is 19.0 Å². The maximum Gasteiger partial charge on any atom is 0.433 e. The van der Waals surface area contributed by atoms with Crippen molar-refractivity contribution in [3.63, 3.8) is 0 Å². The summed E-state index contributed by atoms with van der Waals surface area (Å²) in [6.45, 7) is 0.742. The maximum atomic E-state index is 12.2. The summed E-state index contributed by atoms with van der Waals surface area (Å²) in [6, 6.07) is 3.69. The first-order chi connectivity index (χ1) is 6.54. The van der Waals surface area contributed by atoms with Crippen LogP contribution in [0.1, 0.15) is 5.69 Å². The fraction of sp³-hybridized carbons (Fsp3) is 0.375. The van der Waals surface area contributed by atoms with E-state index in [1.807, 2.05) is 0 Å². The lowest BCUT2D eigenvalue weighted by molar-refractivity contribution is -0.141. The molecule has 3 nitrogen and oxygen atoms in total. The molecule has 0 spiro atoms. The molecule has 0 bridgehead atoms. The van der Waals surface area contributed by atoms with Gasteiger partial charge in [0, 0.05) is 13.1 Å². The predicted octanol–water partition coefficient (Wildman–Crippen LogP) is 1.47. The minimum Gasteiger partial charge on any atom is -0.369 e. The molecule has 0 amide bonds. The first-order valence-corrected chi connectivity index (χ1v) is 4.02. The van der Waals surface area contributed by atoms with Crippen molar-refractivity contribution in [3.8, 4) is 0 Å². The molecule has 0 unspecified atom stereocenters. The number of anilines is 1. The predicted molar refractivity (Wildman–Crippen MR) is 46.8 cm³/mol. The Balaban J connectivity index is 2.79. The average Bonchev–Trinajstić information content (AvgIpc) is 2.14. The number of aromatic nitrogens is 1. The van der Waals surface area contributed by atoms with Gasteiger partial charge in [-0.2, -0.15) is 13.2 Å². The van der Waals surface area contributed by atoms with E-state index < -0.39 is 11.9 Å². The number of nitrogens with one attached hydrogen (secondary N) is 1. The van der Waals surface area contributed by atoms with Gasteiger partial charge in [0.25, 0.3) is 0 Å². The van der Waals surface area contributed by atoms with Gasteiger partial charge in [0.1, 0.15) is 11.5 Å². The van der Waals surface area contributed by atoms with E-state index in [2.05, 4.69) is 10.3 Å². The summed E-state index contributed by atoms with van der Waals surface area (Å²) in [6.07, 6.45) is -4.40. The molecule has 3 N–H and O–H groups in total. The fourth-order valence-electron chi connectivity index (χ4n) is 0.891. The standard InChI is InChI=1S/C8H10F3N3/c9-8(10,11)6-2-1-3-7(14-6)13-5-4-12/h1-3H,4-5,12H2,(H,13,14). The fourth-order valence-corrected chi connectivity index (χ4v) is 0.891. The van der Waals surface area contributed by atoms with E-state index in [4.69, 9.17) is 5.73 Å². The lowest BCUT2D eigenvalue weighted by atomic mass is 10.3. The molecule has 0 saturated heterocycles. The molecule has 0 aliphatic rings. The Morgan fingerprint density at radius 1 is 1.36 bits per heavy atom. The second-order valence-corrected chi connectivity index (χ2v) is 2.62. The Bertz CT molecular complexity index is 298. The normalized spacial score (nSPS) is 11.4. The lowest BCUT2D eigenvalue weighted by Gasteiger charge is -2.08. The SMILES string of the molecule is NCCNc1cccc(C(F)(F)F)n1. The van der Waals surface area contributed by atoms with Gasteiger partial charge < -0.3 is 11.1 Å². The monoisotopic (exact) mass is 205 g/mol. The molecule has 0 aliphatic carbocycles. The Kier molecular flexibility index (Phi) is 3.29. The van der Waals surface area contributed by atoms with E-state index in [0.717, 1.165) is 6.07 Å². The number of rotatable bonds is 3. The lowest BCUT2D eigenvalue weighted by Crippen LogP contribution is -2.15. The highest BCUT2D eigenvalue weighted by atomic mass is 19.4. The van der Waals surface area contributed by atoms with Crippen LogP contribution in [0, 0.1) is 0 Å². The Morgan fingerprint density at radius 3 is 2.64 bits per heavy atom. The minimum atomic E-state index is -4.40. The van der Waals surface area contributed by atoms with Gasteiger partial charge >= 0.3 is 6.18 Å². The highest BCUT2D eigenvalue weighted by Gasteiger charge is 2.32. The van der Waals surface area contributed by atoms with Crippen molar-refractivity contribution in [2.45, 2.75) is 6.18 Å². The Labute approximate surface area is 79.1 Å². The summed E-state index contributed by atoms with van der Waals surface area (Å²) in [5.41, 5.74) is 4.28. The number of halogens is 3. The minimum absolute atomic E-state index is 0.185. The van der Waals surface area contributed by atoms with E-state index in [1.165, 1.54) is 12.1 Å². The molecule has 1 aromatic heterocycles. The second-order valence-electron chi connectivity index (χ2n) is 2.62. The number of hydrogen-bond acceptors (Lipinski definition) is 3. The second kappa shape index (κ2) is 4.28. The van der Waals surface area contributed by atoms with E-state index >= 15 is 0 Å². The van der Waals surface area contributed by atoms with Crippen molar-refractivity contribution in [1.82, 2.24) is 4.98 Å². The highest BCUT2D eigenvalue weighted by molar-refractivity contribution is 5.35. The van der Waals surface area contributed by atoms with Crippen LogP contribution in [-0.2, 0) is 6.18 Å². The van der Waals surface area contributed by atoms with E-state index in [9.17, 15) is 13.2 Å². The quantitative estimate of drug-likeness (QED) is 0.785. The summed E-state index contributed by atoms with van der Waals surface area (Å²) in [7, 11) is 0. The van der Waals surface area contributed by atoms with Crippen molar-refractivity contribution < 1.29 is 13.2 Å². The highest BCUT2D eigenvalue weighted by Crippen LogP contribution is 2.27. The van der Waals surface area contributed by atoms with Crippen molar-refractivity contribution in [1.29, 1.82) is 0 Å². The summed E-state index contributed by atoms with van der Waals surface area (Å²) < 4.78 is 36.5. The van der Waals surface area contributed by atoms with Crippen molar-refractivity contribution in [2.75, 3.05) is 18.4 Å². The first-order valence-electron chi connectivity index (χ1n) is 4.02. The molecule has 1 rings (SSSR count). The average molecular weight is 205 g/mol. The molecule has 0 atom stereocenters. The van der Waals surface area contributed by atoms with Crippen LogP contribution in [0.2, 0.25) is 0 Å². The summed E-state index contributed by atoms with van der Waals surface area (Å²) in [5.74, 6) is 0.185. The number of nitrogens with zero attached hydrogens (tertiary/aromatic N) is 1. The topological polar surface area (TPSA) is 50.9 Å². The van der Waals surface area contributed by atoms with Crippen molar-refractivity contribution >= 4 is 5.82 Å². The molecule has 14 heavy (non-hydrogen) atoms. The molecular weight excluding hydrogens is 195 g/mol. The largest absolute Gasteiger partial charge is 0.433 e. The van der Waals surface area contributed by atoms with Crippen LogP contribution in [0.5, 0.6) is 0 Å². The smallest absolute Gasteiger partial charge is 0.369 e. The van der Waals surface area contributed by atoms with Gasteiger partial charge in [-0.25, -0.2) is 4.98 Å². The molecule has 6 heteroatoms. The zero-order chi connectivity index (χ0) is 10.6. The van der Waals surface area contributed by atoms with Crippen LogP contribution in [0.25, 0.3) is 0 Å². The molecule has 0 fully saturated rings. The van der Waals surface area contributed by atoms with Gasteiger partial charge in [0.2, 0.25) is 0 Å². The number of pyridine rings is 1. The molecule has 1 heterocycles. The van der Waals surface area contributed by atoms with Gasteiger partial charge in [0.05, 0.1) is 0 Å². The van der Waals surface area contributed by atoms with E-state index in [1.54, 1.807) is 0 Å². The summed E-state index contributed by atoms with van der Waals surface area (Å²) >= 11 is 0. The van der Waals surface area contributed by atoms with E-state index in [0.29, 0.717) is 13.1 Å². The third-order valence-electron chi connectivity index (χ3n) is 1.49. The number of alkyl halides is 3. The van der Waals surface area contributed by atoms with Gasteiger partial charge in [-0.05, 0) is 12.1 Å². The number of hydrogen-bond donors (Lipinski definition) is 2. The first kappa shape index (κ1) is 10.8. The zero-order valence-electron chi connectivity index (χ0n) is 7.30. The number of nitrogens with two attached hydrogens (primary N) is 1. The third kappa shape index (κ3) is 2.88. The van der Waals surface area contributed by atoms with Crippen LogP contribution >= 0.6 is 0 Å². The van der Waals surface area contributed by atoms with Crippen LogP contribution in [0.3, 0.4) is 0 Å². The van der Waals surface area contributed by atoms with Crippen LogP contribution in [-0.4, -0.2) is 18.1 Å². The third-order valence-corrected chi connectivity index (χ3v) is 1.49. The molecule has 0 aromatic carbocycles.